The number of aryl methyl sites for hydroxylation is 1. The van der Waals surface area contributed by atoms with Crippen molar-refractivity contribution >= 4 is 12.2 Å². The molecule has 0 spiro atoms. The number of benzene rings is 1. The molecule has 0 atom stereocenters. The molecule has 6 nitrogen and oxygen atoms in total. The Labute approximate surface area is 116 Å². The highest BCUT2D eigenvalue weighted by molar-refractivity contribution is 5.80. The van der Waals surface area contributed by atoms with E-state index >= 15 is 0 Å². The van der Waals surface area contributed by atoms with Crippen molar-refractivity contribution in [2.45, 2.75) is 13.8 Å². The van der Waals surface area contributed by atoms with Gasteiger partial charge in [0.2, 0.25) is 5.95 Å². The van der Waals surface area contributed by atoms with Crippen molar-refractivity contribution in [2.24, 2.45) is 5.10 Å². The minimum absolute atomic E-state index is 0.212. The van der Waals surface area contributed by atoms with Crippen molar-refractivity contribution in [3.05, 3.63) is 51.9 Å². The lowest BCUT2D eigenvalue weighted by atomic mass is 10.2. The Morgan fingerprint density at radius 3 is 2.80 bits per heavy atom. The number of ether oxygens (including phenoxy) is 1. The van der Waals surface area contributed by atoms with Crippen LogP contribution >= 0.6 is 0 Å². The van der Waals surface area contributed by atoms with E-state index in [2.05, 4.69) is 20.5 Å². The van der Waals surface area contributed by atoms with Crippen LogP contribution in [0.15, 0.2) is 40.2 Å². The molecule has 1 aromatic heterocycles. The SMILES string of the molecule is CCOc1ccc(/C=N/Nc2nc(C)cc(=O)[nH]2)cc1. The number of nitrogens with one attached hydrogen (secondary N) is 2. The Bertz CT molecular complexity index is 647. The minimum Gasteiger partial charge on any atom is -0.494 e. The lowest BCUT2D eigenvalue weighted by molar-refractivity contribution is 0.340. The number of H-pyrrole nitrogens is 1. The van der Waals surface area contributed by atoms with E-state index in [4.69, 9.17) is 4.74 Å². The summed E-state index contributed by atoms with van der Waals surface area (Å²) >= 11 is 0. The Balaban J connectivity index is 2.00. The first-order chi connectivity index (χ1) is 9.67. The van der Waals surface area contributed by atoms with Crippen molar-refractivity contribution in [3.8, 4) is 5.75 Å². The molecule has 104 valence electrons. The maximum absolute atomic E-state index is 11.2. The highest BCUT2D eigenvalue weighted by Gasteiger charge is 1.95. The molecule has 0 unspecified atom stereocenters. The van der Waals surface area contributed by atoms with Gasteiger partial charge in [-0.2, -0.15) is 5.10 Å². The molecular weight excluding hydrogens is 256 g/mol. The molecule has 0 aliphatic rings. The molecule has 0 radical (unpaired) electrons. The Hall–Kier alpha value is -2.63. The standard InChI is InChI=1S/C14H16N4O2/c1-3-20-12-6-4-11(5-7-12)9-15-18-14-16-10(2)8-13(19)17-14/h4-9H,3H2,1-2H3,(H2,16,17,18,19)/b15-9+. The predicted molar refractivity (Wildman–Crippen MR) is 78.4 cm³/mol. The van der Waals surface area contributed by atoms with E-state index in [-0.39, 0.29) is 5.56 Å². The van der Waals surface area contributed by atoms with E-state index in [0.29, 0.717) is 18.2 Å². The molecule has 2 N–H and O–H groups in total. The van der Waals surface area contributed by atoms with Gasteiger partial charge in [-0.15, -0.1) is 0 Å². The van der Waals surface area contributed by atoms with Crippen LogP contribution in [0.1, 0.15) is 18.2 Å². The Morgan fingerprint density at radius 2 is 2.15 bits per heavy atom. The summed E-state index contributed by atoms with van der Waals surface area (Å²) in [4.78, 5) is 17.9. The fourth-order valence-corrected chi connectivity index (χ4v) is 1.62. The van der Waals surface area contributed by atoms with Gasteiger partial charge in [0.1, 0.15) is 5.75 Å². The zero-order valence-corrected chi connectivity index (χ0v) is 11.4. The van der Waals surface area contributed by atoms with Crippen molar-refractivity contribution in [2.75, 3.05) is 12.0 Å². The molecule has 2 aromatic rings. The Kier molecular flexibility index (Phi) is 4.49. The number of aromatic amines is 1. The van der Waals surface area contributed by atoms with Crippen LogP contribution in [0.2, 0.25) is 0 Å². The van der Waals surface area contributed by atoms with Crippen molar-refractivity contribution in [3.63, 3.8) is 0 Å². The van der Waals surface area contributed by atoms with Gasteiger partial charge in [-0.1, -0.05) is 0 Å². The van der Waals surface area contributed by atoms with E-state index in [0.717, 1.165) is 11.3 Å². The summed E-state index contributed by atoms with van der Waals surface area (Å²) in [5.74, 6) is 1.14. The van der Waals surface area contributed by atoms with E-state index in [1.807, 2.05) is 31.2 Å². The summed E-state index contributed by atoms with van der Waals surface area (Å²) in [6.07, 6.45) is 1.64. The summed E-state index contributed by atoms with van der Waals surface area (Å²) in [6, 6.07) is 8.95. The van der Waals surface area contributed by atoms with Gasteiger partial charge >= 0.3 is 0 Å². The van der Waals surface area contributed by atoms with Gasteiger partial charge in [-0.05, 0) is 43.7 Å². The average molecular weight is 272 g/mol. The monoisotopic (exact) mass is 272 g/mol. The van der Waals surface area contributed by atoms with Crippen molar-refractivity contribution in [1.82, 2.24) is 9.97 Å². The molecule has 0 bridgehead atoms. The molecule has 1 heterocycles. The second-order valence-electron chi connectivity index (χ2n) is 4.11. The molecular formula is C14H16N4O2. The molecule has 1 aromatic carbocycles. The number of rotatable bonds is 5. The minimum atomic E-state index is -0.212. The molecule has 20 heavy (non-hydrogen) atoms. The molecule has 6 heteroatoms. The van der Waals surface area contributed by atoms with E-state index in [1.54, 1.807) is 13.1 Å². The van der Waals surface area contributed by atoms with Gasteiger partial charge in [0.05, 0.1) is 12.8 Å². The van der Waals surface area contributed by atoms with Crippen LogP contribution in [0.25, 0.3) is 0 Å². The topological polar surface area (TPSA) is 79.4 Å². The largest absolute Gasteiger partial charge is 0.494 e. The lowest BCUT2D eigenvalue weighted by Gasteiger charge is -2.02. The van der Waals surface area contributed by atoms with E-state index in [1.165, 1.54) is 6.07 Å². The van der Waals surface area contributed by atoms with Gasteiger partial charge in [-0.25, -0.2) is 10.4 Å². The summed E-state index contributed by atoms with van der Waals surface area (Å²) < 4.78 is 5.35. The highest BCUT2D eigenvalue weighted by atomic mass is 16.5. The first kappa shape index (κ1) is 13.8. The number of nitrogens with zero attached hydrogens (tertiary/aromatic N) is 2. The molecule has 0 saturated carbocycles. The maximum atomic E-state index is 11.2. The second-order valence-corrected chi connectivity index (χ2v) is 4.11. The van der Waals surface area contributed by atoms with Gasteiger partial charge in [0.25, 0.3) is 5.56 Å². The molecule has 0 saturated heterocycles. The zero-order chi connectivity index (χ0) is 14.4. The average Bonchev–Trinajstić information content (AvgIpc) is 2.40. The predicted octanol–water partition coefficient (Wildman–Crippen LogP) is 1.92. The molecule has 0 fully saturated rings. The summed E-state index contributed by atoms with van der Waals surface area (Å²) in [5.41, 5.74) is 4.02. The fourth-order valence-electron chi connectivity index (χ4n) is 1.62. The van der Waals surface area contributed by atoms with Crippen LogP contribution < -0.4 is 15.7 Å². The number of hydrogen-bond acceptors (Lipinski definition) is 5. The number of hydrazone groups is 1. The van der Waals surface area contributed by atoms with Gasteiger partial charge in [0, 0.05) is 11.8 Å². The van der Waals surface area contributed by atoms with Crippen LogP contribution in [0.4, 0.5) is 5.95 Å². The molecule has 0 aliphatic heterocycles. The quantitative estimate of drug-likeness (QED) is 0.644. The number of hydrogen-bond donors (Lipinski definition) is 2. The van der Waals surface area contributed by atoms with Crippen LogP contribution in [0, 0.1) is 6.92 Å². The van der Waals surface area contributed by atoms with Gasteiger partial charge in [0.15, 0.2) is 0 Å². The third kappa shape index (κ3) is 3.94. The normalized spacial score (nSPS) is 10.7. The summed E-state index contributed by atoms with van der Waals surface area (Å²) in [7, 11) is 0. The Morgan fingerprint density at radius 1 is 1.40 bits per heavy atom. The summed E-state index contributed by atoms with van der Waals surface area (Å²) in [5, 5.41) is 4.02. The first-order valence-corrected chi connectivity index (χ1v) is 6.27. The lowest BCUT2D eigenvalue weighted by Crippen LogP contribution is -2.10. The van der Waals surface area contributed by atoms with Crippen LogP contribution in [0.5, 0.6) is 5.75 Å². The van der Waals surface area contributed by atoms with Crippen LogP contribution in [0.3, 0.4) is 0 Å². The van der Waals surface area contributed by atoms with Crippen LogP contribution in [-0.2, 0) is 0 Å². The maximum Gasteiger partial charge on any atom is 0.252 e. The van der Waals surface area contributed by atoms with E-state index < -0.39 is 0 Å². The molecule has 2 rings (SSSR count). The first-order valence-electron chi connectivity index (χ1n) is 6.27. The summed E-state index contributed by atoms with van der Waals surface area (Å²) in [6.45, 7) is 4.33. The third-order valence-electron chi connectivity index (χ3n) is 2.44. The third-order valence-corrected chi connectivity index (χ3v) is 2.44. The highest BCUT2D eigenvalue weighted by Crippen LogP contribution is 2.10. The smallest absolute Gasteiger partial charge is 0.252 e. The fraction of sp³-hybridized carbons (Fsp3) is 0.214. The van der Waals surface area contributed by atoms with E-state index in [9.17, 15) is 4.79 Å². The number of aromatic nitrogens is 2. The van der Waals surface area contributed by atoms with Gasteiger partial charge < -0.3 is 4.74 Å². The number of anilines is 1. The zero-order valence-electron chi connectivity index (χ0n) is 11.4. The van der Waals surface area contributed by atoms with Crippen LogP contribution in [-0.4, -0.2) is 22.8 Å². The van der Waals surface area contributed by atoms with Crippen molar-refractivity contribution in [1.29, 1.82) is 0 Å². The van der Waals surface area contributed by atoms with Crippen molar-refractivity contribution < 1.29 is 4.74 Å². The second kappa shape index (κ2) is 6.51. The molecule has 0 aliphatic carbocycles. The molecule has 0 amide bonds. The van der Waals surface area contributed by atoms with Gasteiger partial charge in [-0.3, -0.25) is 9.78 Å².